The van der Waals surface area contributed by atoms with Crippen LogP contribution in [-0.4, -0.2) is 35.6 Å². The van der Waals surface area contributed by atoms with E-state index in [1.807, 2.05) is 58.4 Å². The van der Waals surface area contributed by atoms with Crippen molar-refractivity contribution in [2.24, 2.45) is 0 Å². The molecule has 7 nitrogen and oxygen atoms in total. The van der Waals surface area contributed by atoms with Crippen molar-refractivity contribution in [1.29, 1.82) is 0 Å². The molecule has 0 aliphatic rings. The summed E-state index contributed by atoms with van der Waals surface area (Å²) in [5.41, 5.74) is 6.03. The van der Waals surface area contributed by atoms with Crippen LogP contribution in [0, 0.1) is 6.92 Å². The lowest BCUT2D eigenvalue weighted by molar-refractivity contribution is -0.191. The molecular weight excluding hydrogens is 537 g/mol. The SMILES string of the molecule is Cc1nn(-c2nc(-c3ccc4nccn4c3)c(SC(C)C)s2)cc1Cc1ccc(Cl)cc1Cl.O=C=O. The zero-order valence-corrected chi connectivity index (χ0v) is 22.8. The molecule has 4 aromatic heterocycles. The molecule has 0 aliphatic heterocycles. The van der Waals surface area contributed by atoms with Gasteiger partial charge in [0.05, 0.1) is 15.6 Å². The van der Waals surface area contributed by atoms with Gasteiger partial charge >= 0.3 is 6.15 Å². The number of imidazole rings is 1. The Labute approximate surface area is 226 Å². The summed E-state index contributed by atoms with van der Waals surface area (Å²) in [6.07, 6.45) is 8.81. The monoisotopic (exact) mass is 557 g/mol. The van der Waals surface area contributed by atoms with E-state index in [4.69, 9.17) is 42.9 Å². The lowest BCUT2D eigenvalue weighted by Crippen LogP contribution is -1.94. The number of thiazole rings is 1. The molecule has 0 amide bonds. The van der Waals surface area contributed by atoms with Gasteiger partial charge in [0.1, 0.15) is 5.65 Å². The van der Waals surface area contributed by atoms with E-state index in [9.17, 15) is 0 Å². The van der Waals surface area contributed by atoms with Gasteiger partial charge in [-0.1, -0.05) is 54.5 Å². The van der Waals surface area contributed by atoms with Crippen LogP contribution in [0.3, 0.4) is 0 Å². The molecule has 11 heteroatoms. The molecule has 0 spiro atoms. The number of aryl methyl sites for hydroxylation is 1. The molecule has 5 rings (SSSR count). The first-order valence-corrected chi connectivity index (χ1v) is 13.3. The van der Waals surface area contributed by atoms with Crippen molar-refractivity contribution in [2.75, 3.05) is 0 Å². The minimum Gasteiger partial charge on any atom is -0.306 e. The molecule has 1 aromatic carbocycles. The van der Waals surface area contributed by atoms with Gasteiger partial charge in [0.15, 0.2) is 0 Å². The van der Waals surface area contributed by atoms with E-state index in [2.05, 4.69) is 31.1 Å². The van der Waals surface area contributed by atoms with Crippen molar-refractivity contribution >= 4 is 58.1 Å². The topological polar surface area (TPSA) is 82.2 Å². The Kier molecular flexibility index (Phi) is 8.28. The molecule has 36 heavy (non-hydrogen) atoms. The fourth-order valence-electron chi connectivity index (χ4n) is 3.57. The summed E-state index contributed by atoms with van der Waals surface area (Å²) in [4.78, 5) is 25.6. The Morgan fingerprint density at radius 3 is 2.61 bits per heavy atom. The van der Waals surface area contributed by atoms with Crippen molar-refractivity contribution in [2.45, 2.75) is 36.7 Å². The van der Waals surface area contributed by atoms with E-state index in [1.165, 1.54) is 4.21 Å². The normalized spacial score (nSPS) is 10.9. The van der Waals surface area contributed by atoms with Crippen LogP contribution in [-0.2, 0) is 16.0 Å². The first kappa shape index (κ1) is 26.1. The van der Waals surface area contributed by atoms with Crippen LogP contribution in [0.2, 0.25) is 10.0 Å². The second kappa shape index (κ2) is 11.4. The van der Waals surface area contributed by atoms with Crippen molar-refractivity contribution < 1.29 is 9.59 Å². The highest BCUT2D eigenvalue weighted by atomic mass is 35.5. The zero-order chi connectivity index (χ0) is 25.8. The van der Waals surface area contributed by atoms with Crippen molar-refractivity contribution in [3.05, 3.63) is 82.0 Å². The number of fused-ring (bicyclic) bond motifs is 1. The Hall–Kier alpha value is -2.94. The fraction of sp³-hybridized carbons (Fsp3) is 0.200. The Morgan fingerprint density at radius 2 is 1.89 bits per heavy atom. The number of pyridine rings is 1. The number of halogens is 2. The van der Waals surface area contributed by atoms with E-state index in [0.29, 0.717) is 21.7 Å². The molecule has 5 aromatic rings. The third-order valence-electron chi connectivity index (χ3n) is 5.18. The number of hydrogen-bond donors (Lipinski definition) is 0. The summed E-state index contributed by atoms with van der Waals surface area (Å²) in [7, 11) is 0. The van der Waals surface area contributed by atoms with Gasteiger partial charge in [-0.25, -0.2) is 14.6 Å². The second-order valence-electron chi connectivity index (χ2n) is 8.09. The first-order valence-electron chi connectivity index (χ1n) is 10.9. The molecule has 0 bridgehead atoms. The number of aromatic nitrogens is 5. The average Bonchev–Trinajstić information content (AvgIpc) is 3.54. The number of hydrogen-bond acceptors (Lipinski definition) is 7. The Morgan fingerprint density at radius 1 is 1.11 bits per heavy atom. The molecule has 0 fully saturated rings. The largest absolute Gasteiger partial charge is 0.373 e. The van der Waals surface area contributed by atoms with E-state index in [0.717, 1.165) is 38.9 Å². The van der Waals surface area contributed by atoms with E-state index >= 15 is 0 Å². The maximum atomic E-state index is 8.12. The Balaban J connectivity index is 0.000000967. The number of thioether (sulfide) groups is 1. The second-order valence-corrected chi connectivity index (χ2v) is 11.8. The zero-order valence-electron chi connectivity index (χ0n) is 19.6. The number of benzene rings is 1. The maximum Gasteiger partial charge on any atom is 0.373 e. The molecule has 0 unspecified atom stereocenters. The quantitative estimate of drug-likeness (QED) is 0.214. The Bertz CT molecular complexity index is 1550. The standard InChI is InChI=1S/C24H21Cl2N5S2.CO2/c1-14(2)32-23-22(17-5-7-21-27-8-9-30(21)12-17)28-24(33-23)31-13-18(15(3)29-31)10-16-4-6-19(25)11-20(16)26;2-1-3/h4-9,11-14H,10H2,1-3H3;. The van der Waals surface area contributed by atoms with Crippen LogP contribution in [0.15, 0.2) is 59.3 Å². The molecule has 184 valence electrons. The minimum atomic E-state index is 0.250. The summed E-state index contributed by atoms with van der Waals surface area (Å²) in [5.74, 6) is 0. The van der Waals surface area contributed by atoms with Crippen LogP contribution < -0.4 is 0 Å². The predicted molar refractivity (Wildman–Crippen MR) is 143 cm³/mol. The summed E-state index contributed by atoms with van der Waals surface area (Å²) in [5, 5.41) is 7.35. The van der Waals surface area contributed by atoms with Crippen molar-refractivity contribution in [1.82, 2.24) is 24.1 Å². The van der Waals surface area contributed by atoms with Gasteiger partial charge in [-0.2, -0.15) is 14.7 Å². The molecule has 0 saturated carbocycles. The molecule has 0 radical (unpaired) electrons. The molecular formula is C25H21Cl2N5O2S2. The lowest BCUT2D eigenvalue weighted by Gasteiger charge is -2.05. The highest BCUT2D eigenvalue weighted by molar-refractivity contribution is 8.01. The molecule has 0 aliphatic carbocycles. The van der Waals surface area contributed by atoms with Gasteiger partial charge in [0, 0.05) is 52.1 Å². The van der Waals surface area contributed by atoms with Gasteiger partial charge in [0.25, 0.3) is 0 Å². The number of carbonyl (C=O) groups excluding carboxylic acids is 2. The maximum absolute atomic E-state index is 8.12. The van der Waals surface area contributed by atoms with Crippen LogP contribution >= 0.6 is 46.3 Å². The predicted octanol–water partition coefficient (Wildman–Crippen LogP) is 6.77. The third-order valence-corrected chi connectivity index (χ3v) is 8.03. The van der Waals surface area contributed by atoms with Crippen LogP contribution in [0.1, 0.15) is 30.7 Å². The lowest BCUT2D eigenvalue weighted by atomic mass is 10.1. The van der Waals surface area contributed by atoms with E-state index in [-0.39, 0.29) is 6.15 Å². The third kappa shape index (κ3) is 5.88. The summed E-state index contributed by atoms with van der Waals surface area (Å²) < 4.78 is 5.07. The van der Waals surface area contributed by atoms with Gasteiger partial charge in [0.2, 0.25) is 5.13 Å². The summed E-state index contributed by atoms with van der Waals surface area (Å²) in [6.45, 7) is 6.40. The van der Waals surface area contributed by atoms with Gasteiger partial charge < -0.3 is 4.40 Å². The van der Waals surface area contributed by atoms with Gasteiger partial charge in [-0.15, -0.1) is 11.8 Å². The summed E-state index contributed by atoms with van der Waals surface area (Å²) >= 11 is 15.9. The molecule has 0 saturated heterocycles. The first-order chi connectivity index (χ1) is 17.3. The van der Waals surface area contributed by atoms with Gasteiger partial charge in [-0.3, -0.25) is 0 Å². The van der Waals surface area contributed by atoms with Crippen molar-refractivity contribution in [3.8, 4) is 16.4 Å². The average molecular weight is 559 g/mol. The highest BCUT2D eigenvalue weighted by Gasteiger charge is 2.19. The highest BCUT2D eigenvalue weighted by Crippen LogP contribution is 2.39. The number of nitrogens with zero attached hydrogens (tertiary/aromatic N) is 5. The van der Waals surface area contributed by atoms with Crippen LogP contribution in [0.4, 0.5) is 0 Å². The molecule has 0 atom stereocenters. The summed E-state index contributed by atoms with van der Waals surface area (Å²) in [6, 6.07) is 9.70. The van der Waals surface area contributed by atoms with Crippen molar-refractivity contribution in [3.63, 3.8) is 0 Å². The van der Waals surface area contributed by atoms with Crippen LogP contribution in [0.25, 0.3) is 22.0 Å². The van der Waals surface area contributed by atoms with Crippen LogP contribution in [0.5, 0.6) is 0 Å². The smallest absolute Gasteiger partial charge is 0.306 e. The number of rotatable bonds is 6. The van der Waals surface area contributed by atoms with E-state index < -0.39 is 0 Å². The van der Waals surface area contributed by atoms with Gasteiger partial charge in [-0.05, 0) is 42.3 Å². The fourth-order valence-corrected chi connectivity index (χ4v) is 6.49. The van der Waals surface area contributed by atoms with E-state index in [1.54, 1.807) is 23.6 Å². The minimum absolute atomic E-state index is 0.250. The molecule has 0 N–H and O–H groups in total. The molecule has 4 heterocycles.